The van der Waals surface area contributed by atoms with E-state index in [0.717, 1.165) is 23.9 Å². The average molecular weight is 576 g/mol. The number of hydrogen-bond donors (Lipinski definition) is 0. The van der Waals surface area contributed by atoms with Gasteiger partial charge in [0.05, 0.1) is 32.6 Å². The highest BCUT2D eigenvalue weighted by atomic mass is 32.2. The Balaban J connectivity index is 1.79. The summed E-state index contributed by atoms with van der Waals surface area (Å²) in [5, 5.41) is 22.5. The number of thioether (sulfide) groups is 1. The average Bonchev–Trinajstić information content (AvgIpc) is 3.34. The van der Waals surface area contributed by atoms with Crippen LogP contribution in [0, 0.1) is 11.3 Å². The van der Waals surface area contributed by atoms with Crippen LogP contribution >= 0.6 is 23.5 Å². The van der Waals surface area contributed by atoms with Crippen molar-refractivity contribution in [2.24, 2.45) is 7.05 Å². The first-order chi connectivity index (χ1) is 18.7. The Morgan fingerprint density at radius 2 is 1.67 bits per heavy atom. The SMILES string of the molecule is COc1cc(-c2nc(SCc3ccc(C(F)(F)F)cc3)nc(Sc3nnnn3C)c2C#N)cc(OC)c1OC. The van der Waals surface area contributed by atoms with Crippen molar-refractivity contribution in [2.45, 2.75) is 27.3 Å². The summed E-state index contributed by atoms with van der Waals surface area (Å²) in [4.78, 5) is 9.18. The summed E-state index contributed by atoms with van der Waals surface area (Å²) in [5.74, 6) is 1.38. The number of aromatic nitrogens is 6. The van der Waals surface area contributed by atoms with E-state index < -0.39 is 11.7 Å². The Kier molecular flexibility index (Phi) is 8.46. The smallest absolute Gasteiger partial charge is 0.416 e. The zero-order valence-electron chi connectivity index (χ0n) is 21.0. The second kappa shape index (κ2) is 11.8. The topological polar surface area (TPSA) is 121 Å². The van der Waals surface area contributed by atoms with Gasteiger partial charge in [-0.2, -0.15) is 18.4 Å². The third kappa shape index (κ3) is 6.18. The molecule has 0 bridgehead atoms. The highest BCUT2D eigenvalue weighted by Crippen LogP contribution is 2.43. The quantitative estimate of drug-likeness (QED) is 0.152. The van der Waals surface area contributed by atoms with Crippen LogP contribution in [0.1, 0.15) is 16.7 Å². The number of tetrazole rings is 1. The number of rotatable bonds is 9. The Labute approximate surface area is 229 Å². The molecule has 4 aromatic rings. The summed E-state index contributed by atoms with van der Waals surface area (Å²) in [7, 11) is 6.07. The van der Waals surface area contributed by atoms with Gasteiger partial charge in [-0.15, -0.1) is 5.10 Å². The van der Waals surface area contributed by atoms with Crippen LogP contribution in [0.25, 0.3) is 11.3 Å². The van der Waals surface area contributed by atoms with Crippen molar-refractivity contribution in [2.75, 3.05) is 21.3 Å². The van der Waals surface area contributed by atoms with Crippen LogP contribution in [0.2, 0.25) is 0 Å². The van der Waals surface area contributed by atoms with Crippen molar-refractivity contribution in [1.29, 1.82) is 5.26 Å². The summed E-state index contributed by atoms with van der Waals surface area (Å²) >= 11 is 2.28. The van der Waals surface area contributed by atoms with E-state index in [2.05, 4.69) is 31.6 Å². The first-order valence-electron chi connectivity index (χ1n) is 11.0. The molecule has 0 N–H and O–H groups in total. The van der Waals surface area contributed by atoms with Crippen LogP contribution in [-0.2, 0) is 19.0 Å². The predicted molar refractivity (Wildman–Crippen MR) is 136 cm³/mol. The van der Waals surface area contributed by atoms with Crippen molar-refractivity contribution in [1.82, 2.24) is 30.2 Å². The molecule has 0 aliphatic heterocycles. The van der Waals surface area contributed by atoms with Gasteiger partial charge in [0.1, 0.15) is 16.7 Å². The van der Waals surface area contributed by atoms with Gasteiger partial charge in [0, 0.05) is 18.4 Å². The number of alkyl halides is 3. The van der Waals surface area contributed by atoms with E-state index in [1.165, 1.54) is 49.9 Å². The molecule has 0 fully saturated rings. The van der Waals surface area contributed by atoms with Crippen LogP contribution < -0.4 is 14.2 Å². The Bertz CT molecular complexity index is 1500. The first-order valence-corrected chi connectivity index (χ1v) is 12.8. The molecule has 0 spiro atoms. The summed E-state index contributed by atoms with van der Waals surface area (Å²) in [6.45, 7) is 0. The molecular formula is C24H20F3N7O3S2. The number of benzene rings is 2. The third-order valence-corrected chi connectivity index (χ3v) is 7.26. The lowest BCUT2D eigenvalue weighted by atomic mass is 10.1. The fourth-order valence-electron chi connectivity index (χ4n) is 3.42. The number of aryl methyl sites for hydroxylation is 1. The number of methoxy groups -OCH3 is 3. The summed E-state index contributed by atoms with van der Waals surface area (Å²) in [5.41, 5.74) is 0.863. The molecule has 2 aromatic heterocycles. The van der Waals surface area contributed by atoms with Crippen molar-refractivity contribution in [3.05, 3.63) is 53.1 Å². The van der Waals surface area contributed by atoms with E-state index >= 15 is 0 Å². The molecule has 0 atom stereocenters. The lowest BCUT2D eigenvalue weighted by Gasteiger charge is -2.15. The van der Waals surface area contributed by atoms with Crippen LogP contribution in [0.4, 0.5) is 13.2 Å². The molecule has 2 heterocycles. The largest absolute Gasteiger partial charge is 0.493 e. The van der Waals surface area contributed by atoms with Gasteiger partial charge in [0.2, 0.25) is 10.9 Å². The molecular weight excluding hydrogens is 555 g/mol. The lowest BCUT2D eigenvalue weighted by Crippen LogP contribution is -2.04. The maximum atomic E-state index is 12.9. The van der Waals surface area contributed by atoms with Gasteiger partial charge in [0.25, 0.3) is 0 Å². The Morgan fingerprint density at radius 1 is 1.00 bits per heavy atom. The van der Waals surface area contributed by atoms with E-state index in [9.17, 15) is 18.4 Å². The highest BCUT2D eigenvalue weighted by Gasteiger charge is 2.30. The third-order valence-electron chi connectivity index (χ3n) is 5.32. The summed E-state index contributed by atoms with van der Waals surface area (Å²) in [6.07, 6.45) is -4.42. The standard InChI is InChI=1S/C24H20F3N7O3S2/c1-34-23(31-32-33-34)39-21-16(11-28)19(14-9-17(35-2)20(37-4)18(10-14)36-3)29-22(30-21)38-12-13-5-7-15(8-6-13)24(25,26)27/h5-10H,12H2,1-4H3. The van der Waals surface area contributed by atoms with Crippen molar-refractivity contribution >= 4 is 23.5 Å². The fraction of sp³-hybridized carbons (Fsp3) is 0.250. The van der Waals surface area contributed by atoms with Gasteiger partial charge in [-0.25, -0.2) is 14.6 Å². The highest BCUT2D eigenvalue weighted by molar-refractivity contribution is 7.99. The Morgan fingerprint density at radius 3 is 2.18 bits per heavy atom. The molecule has 4 rings (SSSR count). The second-order valence-corrected chi connectivity index (χ2v) is 9.63. The van der Waals surface area contributed by atoms with E-state index in [-0.39, 0.29) is 16.5 Å². The minimum Gasteiger partial charge on any atom is -0.493 e. The van der Waals surface area contributed by atoms with Crippen molar-refractivity contribution < 1.29 is 27.4 Å². The number of halogens is 3. The minimum atomic E-state index is -4.42. The van der Waals surface area contributed by atoms with E-state index in [4.69, 9.17) is 14.2 Å². The number of nitriles is 1. The lowest BCUT2D eigenvalue weighted by molar-refractivity contribution is -0.137. The van der Waals surface area contributed by atoms with Gasteiger partial charge < -0.3 is 14.2 Å². The zero-order valence-corrected chi connectivity index (χ0v) is 22.6. The maximum Gasteiger partial charge on any atom is 0.416 e. The van der Waals surface area contributed by atoms with Crippen molar-refractivity contribution in [3.8, 4) is 34.6 Å². The number of ether oxygens (including phenoxy) is 3. The summed E-state index contributed by atoms with van der Waals surface area (Å²) in [6, 6.07) is 10.3. The fourth-order valence-corrected chi connectivity index (χ4v) is 5.07. The molecule has 0 radical (unpaired) electrons. The van der Waals surface area contributed by atoms with E-state index in [1.54, 1.807) is 19.2 Å². The maximum absolute atomic E-state index is 12.9. The molecule has 0 amide bonds. The van der Waals surface area contributed by atoms with E-state index in [1.807, 2.05) is 0 Å². The minimum absolute atomic E-state index is 0.163. The van der Waals surface area contributed by atoms with E-state index in [0.29, 0.717) is 44.3 Å². The molecule has 0 aliphatic rings. The van der Waals surface area contributed by atoms with Crippen LogP contribution in [0.15, 0.2) is 51.7 Å². The molecule has 2 aromatic carbocycles. The van der Waals surface area contributed by atoms with Crippen molar-refractivity contribution in [3.63, 3.8) is 0 Å². The first kappa shape index (κ1) is 28.0. The normalized spacial score (nSPS) is 11.2. The number of hydrogen-bond acceptors (Lipinski definition) is 11. The second-order valence-electron chi connectivity index (χ2n) is 7.73. The summed E-state index contributed by atoms with van der Waals surface area (Å²) < 4.78 is 56.6. The van der Waals surface area contributed by atoms with Crippen LogP contribution in [0.3, 0.4) is 0 Å². The van der Waals surface area contributed by atoms with Crippen LogP contribution in [0.5, 0.6) is 17.2 Å². The van der Waals surface area contributed by atoms with Gasteiger partial charge in [-0.1, -0.05) is 23.9 Å². The van der Waals surface area contributed by atoms with Crippen LogP contribution in [-0.4, -0.2) is 51.5 Å². The molecule has 39 heavy (non-hydrogen) atoms. The molecule has 15 heteroatoms. The molecule has 10 nitrogen and oxygen atoms in total. The predicted octanol–water partition coefficient (Wildman–Crippen LogP) is 5.03. The Hall–Kier alpha value is -4.03. The molecule has 0 saturated heterocycles. The molecule has 202 valence electrons. The van der Waals surface area contributed by atoms with Gasteiger partial charge in [-0.3, -0.25) is 0 Å². The van der Waals surface area contributed by atoms with Gasteiger partial charge in [0.15, 0.2) is 16.7 Å². The van der Waals surface area contributed by atoms with Gasteiger partial charge >= 0.3 is 6.18 Å². The monoisotopic (exact) mass is 575 g/mol. The molecule has 0 saturated carbocycles. The molecule has 0 aliphatic carbocycles. The van der Waals surface area contributed by atoms with Gasteiger partial charge in [-0.05, 0) is 52.0 Å². The zero-order chi connectivity index (χ0) is 28.2. The molecule has 0 unspecified atom stereocenters. The number of nitrogens with zero attached hydrogens (tertiary/aromatic N) is 7.